The van der Waals surface area contributed by atoms with E-state index in [0.717, 1.165) is 9.87 Å². The maximum absolute atomic E-state index is 13.0. The molecule has 0 aliphatic carbocycles. The van der Waals surface area contributed by atoms with Gasteiger partial charge in [-0.1, -0.05) is 47.8 Å². The number of nitrogens with zero attached hydrogens (tertiary/aromatic N) is 1. The standard InChI is InChI=1S/C18H20Cl2N2O3S/c1-4-22(26(24,25)17-11-14(19)7-10-16(17)20)13(3)18(23)21-15-8-5-12(2)6-9-15/h5-11,13H,4H2,1-3H3,(H,21,23)/t13-/m1/s1. The zero-order chi connectivity index (χ0) is 19.5. The predicted octanol–water partition coefficient (Wildman–Crippen LogP) is 4.34. The molecule has 1 amide bonds. The van der Waals surface area contributed by atoms with E-state index in [0.29, 0.717) is 5.69 Å². The first-order valence-corrected chi connectivity index (χ1v) is 10.2. The molecule has 0 bridgehead atoms. The largest absolute Gasteiger partial charge is 0.325 e. The summed E-state index contributed by atoms with van der Waals surface area (Å²) in [5, 5.41) is 3.03. The minimum atomic E-state index is -3.99. The van der Waals surface area contributed by atoms with Crippen LogP contribution in [0, 0.1) is 6.92 Å². The Morgan fingerprint density at radius 2 is 1.77 bits per heavy atom. The summed E-state index contributed by atoms with van der Waals surface area (Å²) in [6, 6.07) is 10.5. The molecule has 0 spiro atoms. The van der Waals surface area contributed by atoms with Crippen LogP contribution in [-0.4, -0.2) is 31.2 Å². The van der Waals surface area contributed by atoms with Crippen molar-refractivity contribution in [2.24, 2.45) is 0 Å². The van der Waals surface area contributed by atoms with Gasteiger partial charge < -0.3 is 5.32 Å². The van der Waals surface area contributed by atoms with Gasteiger partial charge in [0.15, 0.2) is 0 Å². The minimum absolute atomic E-state index is 0.0546. The van der Waals surface area contributed by atoms with Crippen LogP contribution in [0.2, 0.25) is 10.0 Å². The molecule has 0 saturated carbocycles. The Morgan fingerprint density at radius 1 is 1.15 bits per heavy atom. The molecule has 5 nitrogen and oxygen atoms in total. The zero-order valence-electron chi connectivity index (χ0n) is 14.7. The first-order valence-electron chi connectivity index (χ1n) is 8.01. The molecule has 2 aromatic carbocycles. The van der Waals surface area contributed by atoms with Crippen molar-refractivity contribution in [1.82, 2.24) is 4.31 Å². The van der Waals surface area contributed by atoms with Crippen LogP contribution in [0.4, 0.5) is 5.69 Å². The first kappa shape index (κ1) is 20.7. The van der Waals surface area contributed by atoms with Crippen LogP contribution in [0.3, 0.4) is 0 Å². The molecule has 0 aliphatic heterocycles. The van der Waals surface area contributed by atoms with Gasteiger partial charge in [0.05, 0.1) is 5.02 Å². The van der Waals surface area contributed by atoms with Crippen molar-refractivity contribution in [3.63, 3.8) is 0 Å². The van der Waals surface area contributed by atoms with Crippen LogP contribution in [0.1, 0.15) is 19.4 Å². The summed E-state index contributed by atoms with van der Waals surface area (Å²) in [5.74, 6) is -0.433. The van der Waals surface area contributed by atoms with Crippen molar-refractivity contribution in [2.75, 3.05) is 11.9 Å². The normalized spacial score (nSPS) is 12.8. The number of carbonyl (C=O) groups is 1. The van der Waals surface area contributed by atoms with E-state index < -0.39 is 22.0 Å². The van der Waals surface area contributed by atoms with E-state index in [1.807, 2.05) is 19.1 Å². The van der Waals surface area contributed by atoms with E-state index in [4.69, 9.17) is 23.2 Å². The lowest BCUT2D eigenvalue weighted by atomic mass is 10.2. The lowest BCUT2D eigenvalue weighted by Gasteiger charge is -2.26. The fourth-order valence-electron chi connectivity index (χ4n) is 2.47. The summed E-state index contributed by atoms with van der Waals surface area (Å²) < 4.78 is 27.1. The number of amides is 1. The zero-order valence-corrected chi connectivity index (χ0v) is 17.0. The van der Waals surface area contributed by atoms with Gasteiger partial charge in [0.1, 0.15) is 10.9 Å². The molecule has 2 rings (SSSR count). The topological polar surface area (TPSA) is 66.5 Å². The number of halogens is 2. The number of rotatable bonds is 6. The molecule has 1 N–H and O–H groups in total. The fraction of sp³-hybridized carbons (Fsp3) is 0.278. The summed E-state index contributed by atoms with van der Waals surface area (Å²) >= 11 is 12.0. The molecule has 0 aliphatic rings. The number of hydrogen-bond acceptors (Lipinski definition) is 3. The van der Waals surface area contributed by atoms with Crippen molar-refractivity contribution in [2.45, 2.75) is 31.7 Å². The third kappa shape index (κ3) is 4.57. The second kappa shape index (κ2) is 8.39. The molecule has 0 heterocycles. The molecule has 1 atom stereocenters. The van der Waals surface area contributed by atoms with Crippen molar-refractivity contribution in [1.29, 1.82) is 0 Å². The van der Waals surface area contributed by atoms with Crippen LogP contribution < -0.4 is 5.32 Å². The average molecular weight is 415 g/mol. The lowest BCUT2D eigenvalue weighted by molar-refractivity contribution is -0.119. The summed E-state index contributed by atoms with van der Waals surface area (Å²) in [4.78, 5) is 12.4. The number of nitrogens with one attached hydrogen (secondary N) is 1. The first-order chi connectivity index (χ1) is 12.2. The molecule has 2 aromatic rings. The monoisotopic (exact) mass is 414 g/mol. The number of benzene rings is 2. The van der Waals surface area contributed by atoms with Crippen molar-refractivity contribution >= 4 is 44.8 Å². The minimum Gasteiger partial charge on any atom is -0.325 e. The molecule has 0 saturated heterocycles. The Bertz CT molecular complexity index is 899. The Morgan fingerprint density at radius 3 is 2.35 bits per heavy atom. The van der Waals surface area contributed by atoms with E-state index in [1.165, 1.54) is 25.1 Å². The molecule has 8 heteroatoms. The lowest BCUT2D eigenvalue weighted by Crippen LogP contribution is -2.45. The highest BCUT2D eigenvalue weighted by Crippen LogP contribution is 2.28. The molecular formula is C18H20Cl2N2O3S. The second-order valence-corrected chi connectivity index (χ2v) is 8.52. The number of anilines is 1. The average Bonchev–Trinajstić information content (AvgIpc) is 2.59. The van der Waals surface area contributed by atoms with Gasteiger partial charge >= 0.3 is 0 Å². The molecule has 0 radical (unpaired) electrons. The molecular weight excluding hydrogens is 395 g/mol. The maximum atomic E-state index is 13.0. The van der Waals surface area contributed by atoms with Gasteiger partial charge in [-0.05, 0) is 44.2 Å². The van der Waals surface area contributed by atoms with E-state index in [9.17, 15) is 13.2 Å². The summed E-state index contributed by atoms with van der Waals surface area (Å²) in [6.07, 6.45) is 0. The quantitative estimate of drug-likeness (QED) is 0.763. The number of sulfonamides is 1. The van der Waals surface area contributed by atoms with Gasteiger partial charge in [-0.3, -0.25) is 4.79 Å². The second-order valence-electron chi connectivity index (χ2n) is 5.81. The number of carbonyl (C=O) groups excluding carboxylic acids is 1. The maximum Gasteiger partial charge on any atom is 0.245 e. The van der Waals surface area contributed by atoms with Gasteiger partial charge in [-0.15, -0.1) is 0 Å². The highest BCUT2D eigenvalue weighted by molar-refractivity contribution is 7.89. The number of aryl methyl sites for hydroxylation is 1. The summed E-state index contributed by atoms with van der Waals surface area (Å²) in [6.45, 7) is 5.23. The molecule has 0 aromatic heterocycles. The van der Waals surface area contributed by atoms with Crippen molar-refractivity contribution < 1.29 is 13.2 Å². The highest BCUT2D eigenvalue weighted by Gasteiger charge is 2.33. The van der Waals surface area contributed by atoms with Gasteiger partial charge in [-0.25, -0.2) is 8.42 Å². The smallest absolute Gasteiger partial charge is 0.245 e. The Labute approximate surface area is 164 Å². The van der Waals surface area contributed by atoms with Gasteiger partial charge in [0, 0.05) is 17.3 Å². The number of hydrogen-bond donors (Lipinski definition) is 1. The van der Waals surface area contributed by atoms with Gasteiger partial charge in [-0.2, -0.15) is 4.31 Å². The Balaban J connectivity index is 2.29. The van der Waals surface area contributed by atoms with Gasteiger partial charge in [0.2, 0.25) is 15.9 Å². The molecule has 0 unspecified atom stereocenters. The van der Waals surface area contributed by atoms with Gasteiger partial charge in [0.25, 0.3) is 0 Å². The van der Waals surface area contributed by atoms with E-state index in [2.05, 4.69) is 5.32 Å². The van der Waals surface area contributed by atoms with Crippen LogP contribution in [-0.2, 0) is 14.8 Å². The van der Waals surface area contributed by atoms with Crippen LogP contribution in [0.5, 0.6) is 0 Å². The van der Waals surface area contributed by atoms with E-state index >= 15 is 0 Å². The van der Waals surface area contributed by atoms with Crippen molar-refractivity contribution in [3.8, 4) is 0 Å². The van der Waals surface area contributed by atoms with Crippen LogP contribution in [0.25, 0.3) is 0 Å². The fourth-order valence-corrected chi connectivity index (χ4v) is 4.81. The Kier molecular flexibility index (Phi) is 6.69. The highest BCUT2D eigenvalue weighted by atomic mass is 35.5. The predicted molar refractivity (Wildman–Crippen MR) is 105 cm³/mol. The summed E-state index contributed by atoms with van der Waals surface area (Å²) in [5.41, 5.74) is 1.66. The SMILES string of the molecule is CCN([C@H](C)C(=O)Nc1ccc(C)cc1)S(=O)(=O)c1cc(Cl)ccc1Cl. The Hall–Kier alpha value is -1.60. The summed E-state index contributed by atoms with van der Waals surface area (Å²) in [7, 11) is -3.99. The molecule has 0 fully saturated rings. The number of likely N-dealkylation sites (N-methyl/N-ethyl adjacent to an activating group) is 1. The third-order valence-electron chi connectivity index (χ3n) is 3.92. The van der Waals surface area contributed by atoms with Crippen molar-refractivity contribution in [3.05, 3.63) is 58.1 Å². The van der Waals surface area contributed by atoms with E-state index in [1.54, 1.807) is 19.1 Å². The van der Waals surface area contributed by atoms with E-state index in [-0.39, 0.29) is 21.5 Å². The third-order valence-corrected chi connectivity index (χ3v) is 6.68. The van der Waals surface area contributed by atoms with Crippen LogP contribution in [0.15, 0.2) is 47.4 Å². The molecule has 140 valence electrons. The van der Waals surface area contributed by atoms with Crippen LogP contribution >= 0.6 is 23.2 Å². The molecule has 26 heavy (non-hydrogen) atoms.